The van der Waals surface area contributed by atoms with Crippen LogP contribution in [0, 0.1) is 0 Å². The zero-order chi connectivity index (χ0) is 52.4. The van der Waals surface area contributed by atoms with Gasteiger partial charge in [-0.3, -0.25) is 0 Å². The Hall–Kier alpha value is -4.36. The number of benzene rings is 6. The Balaban J connectivity index is 1.40. The van der Waals surface area contributed by atoms with Crippen LogP contribution in [0.5, 0.6) is 0 Å². The van der Waals surface area contributed by atoms with Gasteiger partial charge in [0.1, 0.15) is 0 Å². The fourth-order valence-corrected chi connectivity index (χ4v) is 40.1. The number of alkyl halides is 12. The van der Waals surface area contributed by atoms with Gasteiger partial charge in [0.05, 0.1) is 0 Å². The molecule has 0 saturated carbocycles. The molecule has 1 heterocycles. The second kappa shape index (κ2) is 17.9. The van der Waals surface area contributed by atoms with Gasteiger partial charge in [0, 0.05) is 0 Å². The Labute approximate surface area is 420 Å². The summed E-state index contributed by atoms with van der Waals surface area (Å²) in [4.78, 5) is 0. The maximum absolute atomic E-state index is 14.6. The summed E-state index contributed by atoms with van der Waals surface area (Å²) in [6.07, 6.45) is -16.3. The van der Waals surface area contributed by atoms with Crippen molar-refractivity contribution in [2.24, 2.45) is 0 Å². The molecule has 0 spiro atoms. The standard InChI is InChI=1S/2C22H19F6.C12H9Si.2ClH.Zr/c2*1-4-13-7-14-5-6-18(12(2)3)20(19(14)8-13)15-9-16(21(23,24)25)11-17(10-15)22(26,27)28;1-3-7-11-9(5-1)10-6-2-4-8-12(10)13-11;;;/h2*5-12H,4H2,1-3H3;1-7H,13H2;2*1H;/q;;;;;+2/p-2. The molecule has 0 fully saturated rings. The van der Waals surface area contributed by atoms with Crippen LogP contribution >= 0.6 is 17.0 Å². The van der Waals surface area contributed by atoms with E-state index in [1.807, 2.05) is 74.5 Å². The molecule has 0 aromatic heterocycles. The molecular weight excluding hydrogens is 1090 g/mol. The Bertz CT molecular complexity index is 3030. The topological polar surface area (TPSA) is 0 Å². The number of rotatable bonds is 9. The van der Waals surface area contributed by atoms with E-state index in [1.165, 1.54) is 0 Å². The second-order valence-electron chi connectivity index (χ2n) is 19.8. The Morgan fingerprint density at radius 2 is 0.889 bits per heavy atom. The first kappa shape index (κ1) is 52.5. The van der Waals surface area contributed by atoms with Crippen LogP contribution in [0.4, 0.5) is 52.7 Å². The van der Waals surface area contributed by atoms with Gasteiger partial charge < -0.3 is 0 Å². The molecule has 6 aromatic carbocycles. The molecule has 0 radical (unpaired) electrons. The molecule has 1 aliphatic heterocycles. The van der Waals surface area contributed by atoms with Gasteiger partial charge in [-0.2, -0.15) is 0 Å². The molecule has 0 amide bonds. The summed E-state index contributed by atoms with van der Waals surface area (Å²) in [5, 5.41) is 2.10. The quantitative estimate of drug-likeness (QED) is 0.0998. The van der Waals surface area contributed by atoms with Crippen LogP contribution in [-0.4, -0.2) is 9.52 Å². The average Bonchev–Trinajstić information content (AvgIpc) is 4.01. The molecule has 2 aliphatic carbocycles. The summed E-state index contributed by atoms with van der Waals surface area (Å²) in [7, 11) is 16.7. The van der Waals surface area contributed by atoms with Crippen molar-refractivity contribution in [3.63, 3.8) is 0 Å². The molecule has 16 heteroatoms. The molecule has 377 valence electrons. The summed E-state index contributed by atoms with van der Waals surface area (Å²) >= 11 is -6.52. The van der Waals surface area contributed by atoms with Crippen molar-refractivity contribution >= 4 is 52.3 Å². The normalized spacial score (nSPS) is 17.7. The summed E-state index contributed by atoms with van der Waals surface area (Å²) < 4.78 is 174. The van der Waals surface area contributed by atoms with E-state index >= 15 is 0 Å². The number of hydrogen-bond acceptors (Lipinski definition) is 0. The molecule has 2 unspecified atom stereocenters. The van der Waals surface area contributed by atoms with E-state index in [0.29, 0.717) is 60.6 Å². The van der Waals surface area contributed by atoms with Crippen molar-refractivity contribution in [2.45, 2.75) is 98.2 Å². The van der Waals surface area contributed by atoms with Gasteiger partial charge in [0.15, 0.2) is 0 Å². The first-order valence-electron chi connectivity index (χ1n) is 23.6. The average molecular weight is 1140 g/mol. The van der Waals surface area contributed by atoms with Crippen LogP contribution in [0.1, 0.15) is 129 Å². The molecule has 9 rings (SSSR count). The van der Waals surface area contributed by atoms with Crippen LogP contribution < -0.4 is 13.6 Å². The van der Waals surface area contributed by atoms with E-state index in [0.717, 1.165) is 45.8 Å². The molecule has 0 N–H and O–H groups in total. The van der Waals surface area contributed by atoms with Crippen LogP contribution in [-0.2, 0) is 41.1 Å². The summed E-state index contributed by atoms with van der Waals surface area (Å²) in [6.45, 7) is 10.9. The third-order valence-corrected chi connectivity index (χ3v) is 37.7. The van der Waals surface area contributed by atoms with E-state index in [9.17, 15) is 52.7 Å². The summed E-state index contributed by atoms with van der Waals surface area (Å²) in [5.41, 5.74) is -0.0685. The van der Waals surface area contributed by atoms with Gasteiger partial charge in [0.2, 0.25) is 0 Å². The zero-order valence-corrected chi connectivity index (χ0v) is 45.1. The Kier molecular flexibility index (Phi) is 13.1. The predicted octanol–water partition coefficient (Wildman–Crippen LogP) is 17.2. The molecule has 72 heavy (non-hydrogen) atoms. The fourth-order valence-electron chi connectivity index (χ4n) is 11.8. The van der Waals surface area contributed by atoms with Gasteiger partial charge in [-0.1, -0.05) is 0 Å². The van der Waals surface area contributed by atoms with Crippen molar-refractivity contribution in [3.8, 4) is 33.4 Å². The molecule has 3 aliphatic rings. The van der Waals surface area contributed by atoms with Crippen molar-refractivity contribution in [1.29, 1.82) is 0 Å². The molecular formula is C56H47Cl2F12SiZr. The van der Waals surface area contributed by atoms with E-state index in [2.05, 4.69) is 6.07 Å². The summed E-state index contributed by atoms with van der Waals surface area (Å²) in [5.74, 6) is -0.775. The molecule has 6 aromatic rings. The van der Waals surface area contributed by atoms with Crippen molar-refractivity contribution in [3.05, 3.63) is 170 Å². The van der Waals surface area contributed by atoms with Crippen molar-refractivity contribution in [1.82, 2.24) is 0 Å². The number of fused-ring (bicyclic) bond motifs is 5. The van der Waals surface area contributed by atoms with Gasteiger partial charge in [-0.25, -0.2) is 0 Å². The Morgan fingerprint density at radius 1 is 0.500 bits per heavy atom. The molecule has 0 bridgehead atoms. The van der Waals surface area contributed by atoms with Crippen molar-refractivity contribution < 1.29 is 69.1 Å². The minimum atomic E-state index is -6.52. The third-order valence-electron chi connectivity index (χ3n) is 14.9. The van der Waals surface area contributed by atoms with Gasteiger partial charge in [0.25, 0.3) is 0 Å². The first-order valence-corrected chi connectivity index (χ1v) is 35.4. The molecule has 2 atom stereocenters. The molecule has 0 nitrogen and oxygen atoms in total. The fraction of sp³-hybridized carbons (Fsp3) is 0.286. The van der Waals surface area contributed by atoms with Crippen LogP contribution in [0.15, 0.2) is 114 Å². The maximum atomic E-state index is 14.6. The van der Waals surface area contributed by atoms with E-state index < -0.39 is 80.1 Å². The summed E-state index contributed by atoms with van der Waals surface area (Å²) in [6, 6.07) is 24.0. The van der Waals surface area contributed by atoms with E-state index in [1.54, 1.807) is 39.8 Å². The van der Waals surface area contributed by atoms with Gasteiger partial charge >= 0.3 is 423 Å². The first-order chi connectivity index (χ1) is 33.5. The monoisotopic (exact) mass is 1140 g/mol. The van der Waals surface area contributed by atoms with Gasteiger partial charge in [-0.15, -0.1) is 0 Å². The Morgan fingerprint density at radius 3 is 1.26 bits per heavy atom. The van der Waals surface area contributed by atoms with Gasteiger partial charge in [-0.05, 0) is 0 Å². The van der Waals surface area contributed by atoms with E-state index in [-0.39, 0.29) is 46.2 Å². The number of hydrogen-bond donors (Lipinski definition) is 0. The SMILES string of the molecule is CCC1=Cc2c(ccc(C(C)C)c2-c2cc(C(F)(F)F)cc(C(F)(F)F)c2)[CH]1[Zr]([Cl])([Cl])([c]1cccc2c1[SiH2]c1ccccc1-2)[CH]1C(CC)=Cc2c1ccc(C(C)C)c2-c1cc(C(F)(F)F)cc(C(F)(F)F)c1. The molecule has 0 saturated heterocycles. The van der Waals surface area contributed by atoms with Crippen molar-refractivity contribution in [2.75, 3.05) is 0 Å². The number of allylic oxidation sites excluding steroid dienone is 2. The van der Waals surface area contributed by atoms with Crippen LogP contribution in [0.2, 0.25) is 0 Å². The predicted molar refractivity (Wildman–Crippen MR) is 265 cm³/mol. The third kappa shape index (κ3) is 8.59. The van der Waals surface area contributed by atoms with Crippen LogP contribution in [0.3, 0.4) is 0 Å². The minimum absolute atomic E-state index is 0.0993. The van der Waals surface area contributed by atoms with E-state index in [4.69, 9.17) is 17.0 Å². The second-order valence-corrected chi connectivity index (χ2v) is 42.2. The number of halogens is 14. The van der Waals surface area contributed by atoms with Crippen LogP contribution in [0.25, 0.3) is 45.5 Å². The zero-order valence-electron chi connectivity index (χ0n) is 39.7.